The minimum Gasteiger partial charge on any atom is -0.274 e. The van der Waals surface area contributed by atoms with Crippen molar-refractivity contribution in [1.29, 1.82) is 0 Å². The number of nitrogens with zero attached hydrogens (tertiary/aromatic N) is 1. The van der Waals surface area contributed by atoms with E-state index in [9.17, 15) is 8.78 Å². The first-order valence-electron chi connectivity index (χ1n) is 6.48. The van der Waals surface area contributed by atoms with Gasteiger partial charge in [0.2, 0.25) is 0 Å². The molecule has 6 heteroatoms. The number of benzene rings is 1. The number of amidine groups is 1. The number of nitrogens with one attached hydrogen (secondary N) is 1. The first kappa shape index (κ1) is 15.6. The van der Waals surface area contributed by atoms with Crippen LogP contribution in [0, 0.1) is 24.5 Å². The number of hydrogen-bond donors (Lipinski definition) is 1. The zero-order valence-corrected chi connectivity index (χ0v) is 13.6. The fourth-order valence-corrected chi connectivity index (χ4v) is 2.60. The SMILES string of the molecule is Cc1cc(F)c([C@@H]2CN=C(NOCCI)[C@H]2C)c(F)c1. The van der Waals surface area contributed by atoms with E-state index in [4.69, 9.17) is 4.84 Å². The molecular weight excluding hydrogens is 377 g/mol. The van der Waals surface area contributed by atoms with Gasteiger partial charge in [0, 0.05) is 28.4 Å². The van der Waals surface area contributed by atoms with Gasteiger partial charge in [-0.2, -0.15) is 0 Å². The van der Waals surface area contributed by atoms with Crippen LogP contribution in [0.2, 0.25) is 0 Å². The van der Waals surface area contributed by atoms with Crippen molar-refractivity contribution in [2.75, 3.05) is 17.6 Å². The Hall–Kier alpha value is -0.760. The van der Waals surface area contributed by atoms with Gasteiger partial charge in [0.1, 0.15) is 17.5 Å². The van der Waals surface area contributed by atoms with Gasteiger partial charge in [0.15, 0.2) is 0 Å². The van der Waals surface area contributed by atoms with Gasteiger partial charge < -0.3 is 0 Å². The molecule has 1 heterocycles. The predicted molar refractivity (Wildman–Crippen MR) is 83.3 cm³/mol. The van der Waals surface area contributed by atoms with Gasteiger partial charge in [-0.15, -0.1) is 0 Å². The molecule has 1 aromatic carbocycles. The summed E-state index contributed by atoms with van der Waals surface area (Å²) in [5.74, 6) is -0.732. The molecule has 1 aromatic rings. The summed E-state index contributed by atoms with van der Waals surface area (Å²) in [4.78, 5) is 9.52. The molecule has 1 aliphatic heterocycles. The van der Waals surface area contributed by atoms with Crippen LogP contribution in [0.25, 0.3) is 0 Å². The molecule has 2 atom stereocenters. The molecular formula is C14H17F2IN2O. The lowest BCUT2D eigenvalue weighted by atomic mass is 9.87. The standard InChI is InChI=1S/C14H17F2IN2O/c1-8-5-11(15)13(12(16)6-8)10-7-18-14(9(10)2)19-20-4-3-17/h5-6,9-10H,3-4,7H2,1-2H3,(H,18,19)/t9-,10+/m0/s1. The van der Waals surface area contributed by atoms with Crippen LogP contribution in [0.5, 0.6) is 0 Å². The third-order valence-corrected chi connectivity index (χ3v) is 3.88. The van der Waals surface area contributed by atoms with Crippen molar-refractivity contribution < 1.29 is 13.6 Å². The molecule has 0 aliphatic carbocycles. The van der Waals surface area contributed by atoms with Gasteiger partial charge in [-0.3, -0.25) is 15.3 Å². The average molecular weight is 394 g/mol. The van der Waals surface area contributed by atoms with Gasteiger partial charge >= 0.3 is 0 Å². The molecule has 0 aromatic heterocycles. The maximum atomic E-state index is 14.0. The van der Waals surface area contributed by atoms with Crippen molar-refractivity contribution in [3.63, 3.8) is 0 Å². The van der Waals surface area contributed by atoms with Crippen LogP contribution < -0.4 is 5.48 Å². The van der Waals surface area contributed by atoms with E-state index >= 15 is 0 Å². The molecule has 0 radical (unpaired) electrons. The molecule has 0 unspecified atom stereocenters. The fourth-order valence-electron chi connectivity index (χ4n) is 2.38. The van der Waals surface area contributed by atoms with Crippen molar-refractivity contribution in [2.24, 2.45) is 10.9 Å². The number of rotatable bonds is 4. The van der Waals surface area contributed by atoms with Crippen LogP contribution in [0.1, 0.15) is 24.0 Å². The Balaban J connectivity index is 2.13. The zero-order chi connectivity index (χ0) is 14.7. The molecule has 0 fully saturated rings. The maximum absolute atomic E-state index is 14.0. The van der Waals surface area contributed by atoms with E-state index in [2.05, 4.69) is 33.1 Å². The third-order valence-electron chi connectivity index (χ3n) is 3.44. The topological polar surface area (TPSA) is 33.6 Å². The highest BCUT2D eigenvalue weighted by molar-refractivity contribution is 14.1. The summed E-state index contributed by atoms with van der Waals surface area (Å²) in [7, 11) is 0. The van der Waals surface area contributed by atoms with E-state index in [1.807, 2.05) is 6.92 Å². The minimum atomic E-state index is -0.496. The van der Waals surface area contributed by atoms with E-state index in [-0.39, 0.29) is 17.4 Å². The summed E-state index contributed by atoms with van der Waals surface area (Å²) in [6, 6.07) is 2.73. The van der Waals surface area contributed by atoms with Crippen LogP contribution >= 0.6 is 22.6 Å². The third kappa shape index (κ3) is 3.28. The van der Waals surface area contributed by atoms with Gasteiger partial charge in [-0.25, -0.2) is 8.78 Å². The zero-order valence-electron chi connectivity index (χ0n) is 11.4. The van der Waals surface area contributed by atoms with Crippen molar-refractivity contribution in [1.82, 2.24) is 5.48 Å². The second kappa shape index (κ2) is 6.80. The number of hydroxylamine groups is 1. The molecule has 0 spiro atoms. The number of alkyl halides is 1. The second-order valence-corrected chi connectivity index (χ2v) is 5.98. The van der Waals surface area contributed by atoms with Crippen LogP contribution in [-0.2, 0) is 4.84 Å². The molecule has 110 valence electrons. The van der Waals surface area contributed by atoms with Crippen molar-refractivity contribution >= 4 is 28.4 Å². The first-order valence-corrected chi connectivity index (χ1v) is 8.00. The van der Waals surface area contributed by atoms with E-state index in [0.717, 1.165) is 4.43 Å². The van der Waals surface area contributed by atoms with E-state index in [1.165, 1.54) is 12.1 Å². The number of aliphatic imine (C=N–C) groups is 1. The molecule has 0 saturated carbocycles. The van der Waals surface area contributed by atoms with Gasteiger partial charge in [-0.05, 0) is 24.6 Å². The lowest BCUT2D eigenvalue weighted by Crippen LogP contribution is -2.30. The Kier molecular flexibility index (Phi) is 5.31. The normalized spacial score (nSPS) is 21.9. The van der Waals surface area contributed by atoms with E-state index < -0.39 is 11.6 Å². The summed E-state index contributed by atoms with van der Waals surface area (Å²) in [6.45, 7) is 4.50. The molecule has 3 nitrogen and oxygen atoms in total. The monoisotopic (exact) mass is 394 g/mol. The summed E-state index contributed by atoms with van der Waals surface area (Å²) in [6.07, 6.45) is 0. The molecule has 1 N–H and O–H groups in total. The van der Waals surface area contributed by atoms with Crippen molar-refractivity contribution in [3.05, 3.63) is 34.9 Å². The van der Waals surface area contributed by atoms with Crippen molar-refractivity contribution in [3.8, 4) is 0 Å². The van der Waals surface area contributed by atoms with Gasteiger partial charge in [-0.1, -0.05) is 29.5 Å². The van der Waals surface area contributed by atoms with Crippen LogP contribution in [-0.4, -0.2) is 23.4 Å². The molecule has 0 saturated heterocycles. The van der Waals surface area contributed by atoms with Crippen molar-refractivity contribution in [2.45, 2.75) is 19.8 Å². The Morgan fingerprint density at radius 1 is 1.40 bits per heavy atom. The van der Waals surface area contributed by atoms with Gasteiger partial charge in [0.25, 0.3) is 0 Å². The molecule has 2 rings (SSSR count). The number of hydrogen-bond acceptors (Lipinski definition) is 3. The fraction of sp³-hybridized carbons (Fsp3) is 0.500. The second-order valence-electron chi connectivity index (χ2n) is 4.90. The molecule has 0 amide bonds. The Morgan fingerprint density at radius 3 is 2.65 bits per heavy atom. The van der Waals surface area contributed by atoms with E-state index in [0.29, 0.717) is 24.6 Å². The molecule has 1 aliphatic rings. The van der Waals surface area contributed by atoms with Crippen LogP contribution in [0.15, 0.2) is 17.1 Å². The highest BCUT2D eigenvalue weighted by Crippen LogP contribution is 2.34. The summed E-state index contributed by atoms with van der Waals surface area (Å²) in [5.41, 5.74) is 3.49. The predicted octanol–water partition coefficient (Wildman–Crippen LogP) is 3.36. The molecule has 20 heavy (non-hydrogen) atoms. The highest BCUT2D eigenvalue weighted by atomic mass is 127. The maximum Gasteiger partial charge on any atom is 0.129 e. The summed E-state index contributed by atoms with van der Waals surface area (Å²) < 4.78 is 28.9. The summed E-state index contributed by atoms with van der Waals surface area (Å²) >= 11 is 2.20. The lowest BCUT2D eigenvalue weighted by Gasteiger charge is -2.19. The quantitative estimate of drug-likeness (QED) is 0.368. The minimum absolute atomic E-state index is 0.101. The van der Waals surface area contributed by atoms with Crippen LogP contribution in [0.3, 0.4) is 0 Å². The lowest BCUT2D eigenvalue weighted by molar-refractivity contribution is 0.0974. The highest BCUT2D eigenvalue weighted by Gasteiger charge is 2.33. The Morgan fingerprint density at radius 2 is 2.05 bits per heavy atom. The molecule has 0 bridgehead atoms. The number of aryl methyl sites for hydroxylation is 1. The largest absolute Gasteiger partial charge is 0.274 e. The Bertz CT molecular complexity index is 499. The summed E-state index contributed by atoms with van der Waals surface area (Å²) in [5, 5.41) is 0. The average Bonchev–Trinajstić information content (AvgIpc) is 2.71. The van der Waals surface area contributed by atoms with Crippen LogP contribution in [0.4, 0.5) is 8.78 Å². The van der Waals surface area contributed by atoms with Gasteiger partial charge in [0.05, 0.1) is 6.61 Å². The number of halogens is 3. The first-order chi connectivity index (χ1) is 9.54. The smallest absolute Gasteiger partial charge is 0.129 e. The van der Waals surface area contributed by atoms with E-state index in [1.54, 1.807) is 6.92 Å². The Labute approximate surface area is 130 Å².